The molecule has 0 bridgehead atoms. The summed E-state index contributed by atoms with van der Waals surface area (Å²) in [6, 6.07) is 25.7. The minimum Gasteiger partial charge on any atom is -0.398 e. The van der Waals surface area contributed by atoms with Gasteiger partial charge in [0.05, 0.1) is 0 Å². The Labute approximate surface area is 186 Å². The number of halogens is 1. The molecule has 1 nitrogen and oxygen atoms in total. The van der Waals surface area contributed by atoms with Crippen LogP contribution in [0, 0.1) is 0 Å². The molecule has 146 valence electrons. The first kappa shape index (κ1) is 18.9. The molecule has 2 aliphatic rings. The second-order valence-electron chi connectivity index (χ2n) is 7.75. The van der Waals surface area contributed by atoms with Crippen LogP contribution in [0.5, 0.6) is 0 Å². The van der Waals surface area contributed by atoms with Gasteiger partial charge in [-0.3, -0.25) is 0 Å². The zero-order chi connectivity index (χ0) is 20.5. The Morgan fingerprint density at radius 3 is 2.43 bits per heavy atom. The molecule has 0 heterocycles. The number of allylic oxidation sites excluding steroid dienone is 7. The molecule has 0 spiro atoms. The Morgan fingerprint density at radius 2 is 1.60 bits per heavy atom. The molecule has 2 heteroatoms. The van der Waals surface area contributed by atoms with E-state index < -0.39 is 0 Å². The highest BCUT2D eigenvalue weighted by Crippen LogP contribution is 2.38. The van der Waals surface area contributed by atoms with Gasteiger partial charge in [0.2, 0.25) is 0 Å². The maximum absolute atomic E-state index is 6.65. The van der Waals surface area contributed by atoms with E-state index >= 15 is 0 Å². The Kier molecular flexibility index (Phi) is 5.02. The zero-order valence-electron chi connectivity index (χ0n) is 16.6. The van der Waals surface area contributed by atoms with Gasteiger partial charge in [-0.15, -0.1) is 0 Å². The van der Waals surface area contributed by atoms with Crippen molar-refractivity contribution in [2.75, 3.05) is 0 Å². The van der Waals surface area contributed by atoms with E-state index in [1.165, 1.54) is 33.4 Å². The smallest absolute Gasteiger partial charge is 0.0394 e. The van der Waals surface area contributed by atoms with Gasteiger partial charge in [-0.1, -0.05) is 94.8 Å². The van der Waals surface area contributed by atoms with Crippen molar-refractivity contribution >= 4 is 27.2 Å². The fourth-order valence-electron chi connectivity index (χ4n) is 4.30. The lowest BCUT2D eigenvalue weighted by Gasteiger charge is -2.14. The van der Waals surface area contributed by atoms with Crippen LogP contribution in [0.15, 0.2) is 107 Å². The van der Waals surface area contributed by atoms with Crippen LogP contribution < -0.4 is 5.73 Å². The average Bonchev–Trinajstić information content (AvgIpc) is 3.15. The highest BCUT2D eigenvalue weighted by molar-refractivity contribution is 9.11. The number of nitrogens with two attached hydrogens (primary N) is 1. The van der Waals surface area contributed by atoms with Crippen LogP contribution in [0.3, 0.4) is 0 Å². The molecule has 2 N–H and O–H groups in total. The van der Waals surface area contributed by atoms with Crippen LogP contribution in [-0.4, -0.2) is 0 Å². The lowest BCUT2D eigenvalue weighted by atomic mass is 9.93. The summed E-state index contributed by atoms with van der Waals surface area (Å²) in [6.07, 6.45) is 10.5. The predicted octanol–water partition coefficient (Wildman–Crippen LogP) is 7.25. The van der Waals surface area contributed by atoms with E-state index in [2.05, 4.69) is 107 Å². The Hall–Kier alpha value is -3.10. The van der Waals surface area contributed by atoms with Gasteiger partial charge >= 0.3 is 0 Å². The maximum Gasteiger partial charge on any atom is 0.0394 e. The number of hydrogen-bond donors (Lipinski definition) is 1. The summed E-state index contributed by atoms with van der Waals surface area (Å²) < 4.78 is 1.08. The maximum atomic E-state index is 6.65. The van der Waals surface area contributed by atoms with Gasteiger partial charge in [-0.05, 0) is 75.6 Å². The third kappa shape index (κ3) is 3.59. The van der Waals surface area contributed by atoms with Gasteiger partial charge in [0.25, 0.3) is 0 Å². The topological polar surface area (TPSA) is 26.0 Å². The molecule has 0 radical (unpaired) electrons. The summed E-state index contributed by atoms with van der Waals surface area (Å²) in [6.45, 7) is 0. The molecule has 2 aliphatic carbocycles. The van der Waals surface area contributed by atoms with E-state index in [0.29, 0.717) is 0 Å². The molecule has 5 rings (SSSR count). The molecule has 3 aromatic rings. The second kappa shape index (κ2) is 7.97. The van der Waals surface area contributed by atoms with Crippen molar-refractivity contribution in [1.82, 2.24) is 0 Å². The minimum atomic E-state index is 0.791. The van der Waals surface area contributed by atoms with E-state index in [9.17, 15) is 0 Å². The van der Waals surface area contributed by atoms with E-state index in [4.69, 9.17) is 5.73 Å². The zero-order valence-corrected chi connectivity index (χ0v) is 18.2. The standard InChI is InChI=1S/C28H22BrN/c29-24-11-6-10-21(17-24)27(19-7-2-1-3-8-19)18-28(30)22-13-14-26-23(16-22)15-20-9-4-5-12-25(20)26/h1-9,11-14,16-18H,10,15,30H2/b27-21-,28-18-. The van der Waals surface area contributed by atoms with Crippen LogP contribution in [0.2, 0.25) is 0 Å². The Morgan fingerprint density at radius 1 is 0.833 bits per heavy atom. The van der Waals surface area contributed by atoms with E-state index in [1.54, 1.807) is 0 Å². The van der Waals surface area contributed by atoms with Crippen molar-refractivity contribution < 1.29 is 0 Å². The SMILES string of the molecule is N/C(=C\C(=C1\C=C(Br)C=CC1)c1ccccc1)c1ccc2c(c1)Cc1ccccc1-2. The van der Waals surface area contributed by atoms with Crippen molar-refractivity contribution in [3.8, 4) is 11.1 Å². The highest BCUT2D eigenvalue weighted by atomic mass is 79.9. The first-order valence-electron chi connectivity index (χ1n) is 10.2. The minimum absolute atomic E-state index is 0.791. The van der Waals surface area contributed by atoms with Crippen molar-refractivity contribution in [2.24, 2.45) is 5.73 Å². The summed E-state index contributed by atoms with van der Waals surface area (Å²) in [4.78, 5) is 0. The summed E-state index contributed by atoms with van der Waals surface area (Å²) in [5, 5.41) is 0. The van der Waals surface area contributed by atoms with Gasteiger partial charge < -0.3 is 5.73 Å². The number of rotatable bonds is 3. The van der Waals surface area contributed by atoms with Gasteiger partial charge in [0.1, 0.15) is 0 Å². The van der Waals surface area contributed by atoms with Crippen molar-refractivity contribution in [1.29, 1.82) is 0 Å². The lowest BCUT2D eigenvalue weighted by Crippen LogP contribution is -2.00. The molecule has 3 aromatic carbocycles. The van der Waals surface area contributed by atoms with Crippen LogP contribution in [0.4, 0.5) is 0 Å². The quantitative estimate of drug-likeness (QED) is 0.348. The van der Waals surface area contributed by atoms with Crippen LogP contribution in [-0.2, 0) is 6.42 Å². The molecule has 0 saturated heterocycles. The number of hydrogen-bond acceptors (Lipinski definition) is 1. The Balaban J connectivity index is 1.57. The largest absolute Gasteiger partial charge is 0.398 e. The molecule has 0 aliphatic heterocycles. The van der Waals surface area contributed by atoms with Gasteiger partial charge in [-0.25, -0.2) is 0 Å². The number of benzene rings is 3. The third-order valence-corrected chi connectivity index (χ3v) is 6.28. The first-order valence-corrected chi connectivity index (χ1v) is 11.0. The average molecular weight is 452 g/mol. The van der Waals surface area contributed by atoms with Crippen molar-refractivity contribution in [3.63, 3.8) is 0 Å². The summed E-state index contributed by atoms with van der Waals surface area (Å²) in [7, 11) is 0. The van der Waals surface area contributed by atoms with Crippen LogP contribution in [0.1, 0.15) is 28.7 Å². The molecule has 0 amide bonds. The molecule has 30 heavy (non-hydrogen) atoms. The van der Waals surface area contributed by atoms with Gasteiger partial charge in [0.15, 0.2) is 0 Å². The van der Waals surface area contributed by atoms with Gasteiger partial charge in [-0.2, -0.15) is 0 Å². The molecule has 0 saturated carbocycles. The fraction of sp³-hybridized carbons (Fsp3) is 0.0714. The monoisotopic (exact) mass is 451 g/mol. The van der Waals surface area contributed by atoms with Gasteiger partial charge in [0, 0.05) is 10.2 Å². The fourth-order valence-corrected chi connectivity index (χ4v) is 4.77. The van der Waals surface area contributed by atoms with Crippen LogP contribution in [0.25, 0.3) is 22.4 Å². The van der Waals surface area contributed by atoms with E-state index in [0.717, 1.165) is 34.2 Å². The second-order valence-corrected chi connectivity index (χ2v) is 8.66. The third-order valence-electron chi connectivity index (χ3n) is 5.78. The number of fused-ring (bicyclic) bond motifs is 3. The van der Waals surface area contributed by atoms with Crippen LogP contribution >= 0.6 is 15.9 Å². The summed E-state index contributed by atoms with van der Waals surface area (Å²) in [5.74, 6) is 0. The highest BCUT2D eigenvalue weighted by Gasteiger charge is 2.18. The molecule has 0 fully saturated rings. The Bertz CT molecular complexity index is 1240. The molecule has 0 atom stereocenters. The normalized spacial score (nSPS) is 16.7. The molecular formula is C28H22BrN. The molecular weight excluding hydrogens is 430 g/mol. The van der Waals surface area contributed by atoms with Crippen molar-refractivity contribution in [3.05, 3.63) is 129 Å². The predicted molar refractivity (Wildman–Crippen MR) is 131 cm³/mol. The lowest BCUT2D eigenvalue weighted by molar-refractivity contribution is 1.25. The molecule has 0 aromatic heterocycles. The molecule has 0 unspecified atom stereocenters. The summed E-state index contributed by atoms with van der Waals surface area (Å²) in [5.41, 5.74) is 17.5. The summed E-state index contributed by atoms with van der Waals surface area (Å²) >= 11 is 3.62. The first-order chi connectivity index (χ1) is 14.7. The van der Waals surface area contributed by atoms with Crippen molar-refractivity contribution in [2.45, 2.75) is 12.8 Å². The van der Waals surface area contributed by atoms with E-state index in [-0.39, 0.29) is 0 Å². The van der Waals surface area contributed by atoms with E-state index in [1.807, 2.05) is 6.07 Å².